The highest BCUT2D eigenvalue weighted by molar-refractivity contribution is 7.16. The van der Waals surface area contributed by atoms with Crippen LogP contribution < -0.4 is 5.32 Å². The molecule has 0 saturated carbocycles. The zero-order valence-electron chi connectivity index (χ0n) is 15.9. The van der Waals surface area contributed by atoms with Gasteiger partial charge in [0.15, 0.2) is 10.8 Å². The molecule has 0 saturated heterocycles. The molecule has 0 aliphatic heterocycles. The average Bonchev–Trinajstić information content (AvgIpc) is 3.21. The number of benzene rings is 1. The van der Waals surface area contributed by atoms with Crippen molar-refractivity contribution in [3.8, 4) is 0 Å². The molecule has 0 aliphatic carbocycles. The topological polar surface area (TPSA) is 73.2 Å². The van der Waals surface area contributed by atoms with Gasteiger partial charge in [-0.2, -0.15) is 0 Å². The van der Waals surface area contributed by atoms with E-state index in [1.807, 2.05) is 33.0 Å². The van der Waals surface area contributed by atoms with Crippen molar-refractivity contribution in [2.24, 2.45) is 7.05 Å². The van der Waals surface area contributed by atoms with Crippen LogP contribution in [0.4, 0.5) is 5.13 Å². The van der Waals surface area contributed by atoms with E-state index in [2.05, 4.69) is 33.2 Å². The van der Waals surface area contributed by atoms with Gasteiger partial charge >= 0.3 is 5.97 Å². The number of carbonyl (C=O) groups is 2. The number of ether oxygens (including phenoxy) is 1. The predicted molar refractivity (Wildman–Crippen MR) is 107 cm³/mol. The van der Waals surface area contributed by atoms with Gasteiger partial charge < -0.3 is 14.6 Å². The fourth-order valence-corrected chi connectivity index (χ4v) is 4.05. The molecule has 0 fully saturated rings. The van der Waals surface area contributed by atoms with Crippen molar-refractivity contribution in [2.45, 2.75) is 32.6 Å². The summed E-state index contributed by atoms with van der Waals surface area (Å²) < 4.78 is 6.85. The van der Waals surface area contributed by atoms with E-state index in [9.17, 15) is 9.59 Å². The van der Waals surface area contributed by atoms with E-state index in [-0.39, 0.29) is 17.5 Å². The van der Waals surface area contributed by atoms with Gasteiger partial charge in [0, 0.05) is 35.4 Å². The van der Waals surface area contributed by atoms with Gasteiger partial charge in [0.05, 0.1) is 7.11 Å². The lowest BCUT2D eigenvalue weighted by Gasteiger charge is -2.02. The Hall–Kier alpha value is -2.67. The maximum absolute atomic E-state index is 12.4. The SMILES string of the molecule is COC(=O)c1nc(NC(=O)CCc2cn(C)c3ccccc23)sc1C(C)C. The van der Waals surface area contributed by atoms with Crippen molar-refractivity contribution in [3.05, 3.63) is 46.6 Å². The van der Waals surface area contributed by atoms with Crippen molar-refractivity contribution in [1.82, 2.24) is 9.55 Å². The standard InChI is InChI=1S/C20H23N3O3S/c1-12(2)18-17(19(25)26-4)22-20(27-18)21-16(24)10-9-13-11-23(3)15-8-6-5-7-14(13)15/h5-8,11-12H,9-10H2,1-4H3,(H,21,22,24). The van der Waals surface area contributed by atoms with E-state index in [0.717, 1.165) is 21.3 Å². The molecule has 2 aromatic heterocycles. The zero-order chi connectivity index (χ0) is 19.6. The second kappa shape index (κ2) is 7.92. The number of hydrogen-bond acceptors (Lipinski definition) is 5. The van der Waals surface area contributed by atoms with Crippen molar-refractivity contribution in [2.75, 3.05) is 12.4 Å². The van der Waals surface area contributed by atoms with Crippen molar-refractivity contribution >= 4 is 39.2 Å². The molecular formula is C20H23N3O3S. The fourth-order valence-electron chi connectivity index (χ4n) is 3.07. The third-order valence-corrected chi connectivity index (χ3v) is 5.68. The summed E-state index contributed by atoms with van der Waals surface area (Å²) in [5.74, 6) is -0.479. The highest BCUT2D eigenvalue weighted by atomic mass is 32.1. The van der Waals surface area contributed by atoms with Gasteiger partial charge in [0.2, 0.25) is 5.91 Å². The number of fused-ring (bicyclic) bond motifs is 1. The molecule has 0 unspecified atom stereocenters. The summed E-state index contributed by atoms with van der Waals surface area (Å²) in [4.78, 5) is 29.3. The van der Waals surface area contributed by atoms with Crippen LogP contribution in [-0.4, -0.2) is 28.5 Å². The number of thiazole rings is 1. The summed E-state index contributed by atoms with van der Waals surface area (Å²) in [6.07, 6.45) is 3.05. The predicted octanol–water partition coefficient (Wildman–Crippen LogP) is 4.12. The van der Waals surface area contributed by atoms with Gasteiger partial charge in [0.1, 0.15) is 0 Å². The second-order valence-corrected chi connectivity index (χ2v) is 7.74. The number of methoxy groups -OCH3 is 1. The van der Waals surface area contributed by atoms with Gasteiger partial charge in [0.25, 0.3) is 0 Å². The Morgan fingerprint density at radius 3 is 2.74 bits per heavy atom. The summed E-state index contributed by atoms with van der Waals surface area (Å²) in [6.45, 7) is 3.96. The maximum Gasteiger partial charge on any atom is 0.357 e. The number of nitrogens with one attached hydrogen (secondary N) is 1. The lowest BCUT2D eigenvalue weighted by atomic mass is 10.1. The molecule has 3 aromatic rings. The molecule has 0 bridgehead atoms. The van der Waals surface area contributed by atoms with Gasteiger partial charge in [-0.15, -0.1) is 11.3 Å². The quantitative estimate of drug-likeness (QED) is 0.648. The molecule has 1 amide bonds. The van der Waals surface area contributed by atoms with Crippen LogP contribution in [0.2, 0.25) is 0 Å². The second-order valence-electron chi connectivity index (χ2n) is 6.71. The summed E-state index contributed by atoms with van der Waals surface area (Å²) in [5, 5.41) is 4.41. The maximum atomic E-state index is 12.4. The molecule has 1 aromatic carbocycles. The van der Waals surface area contributed by atoms with E-state index in [4.69, 9.17) is 4.74 Å². The molecule has 0 radical (unpaired) electrons. The largest absolute Gasteiger partial charge is 0.464 e. The first-order chi connectivity index (χ1) is 12.9. The summed E-state index contributed by atoms with van der Waals surface area (Å²) in [6, 6.07) is 8.15. The van der Waals surface area contributed by atoms with Crippen LogP contribution in [0.3, 0.4) is 0 Å². The van der Waals surface area contributed by atoms with Gasteiger partial charge in [-0.25, -0.2) is 9.78 Å². The Bertz CT molecular complexity index is 988. The number of carbonyl (C=O) groups excluding carboxylic acids is 2. The molecule has 27 heavy (non-hydrogen) atoms. The highest BCUT2D eigenvalue weighted by Gasteiger charge is 2.21. The van der Waals surface area contributed by atoms with Crippen molar-refractivity contribution < 1.29 is 14.3 Å². The van der Waals surface area contributed by atoms with Crippen LogP contribution in [0, 0.1) is 0 Å². The molecule has 3 rings (SSSR count). The Labute approximate surface area is 162 Å². The minimum atomic E-state index is -0.480. The first kappa shape index (κ1) is 19.1. The monoisotopic (exact) mass is 385 g/mol. The smallest absolute Gasteiger partial charge is 0.357 e. The Kier molecular flexibility index (Phi) is 5.60. The average molecular weight is 385 g/mol. The Balaban J connectivity index is 1.70. The lowest BCUT2D eigenvalue weighted by Crippen LogP contribution is -2.12. The number of aryl methyl sites for hydroxylation is 2. The third-order valence-electron chi connectivity index (χ3n) is 4.40. The fraction of sp³-hybridized carbons (Fsp3) is 0.350. The number of aromatic nitrogens is 2. The molecule has 0 spiro atoms. The highest BCUT2D eigenvalue weighted by Crippen LogP contribution is 2.30. The number of nitrogens with zero attached hydrogens (tertiary/aromatic N) is 2. The minimum Gasteiger partial charge on any atom is -0.464 e. The van der Waals surface area contributed by atoms with Crippen LogP contribution in [0.25, 0.3) is 10.9 Å². The Morgan fingerprint density at radius 2 is 2.04 bits per heavy atom. The molecule has 0 aliphatic rings. The van der Waals surface area contributed by atoms with E-state index >= 15 is 0 Å². The molecule has 142 valence electrons. The first-order valence-electron chi connectivity index (χ1n) is 8.82. The molecule has 1 N–H and O–H groups in total. The first-order valence-corrected chi connectivity index (χ1v) is 9.64. The van der Waals surface area contributed by atoms with E-state index < -0.39 is 5.97 Å². The summed E-state index contributed by atoms with van der Waals surface area (Å²) >= 11 is 1.32. The van der Waals surface area contributed by atoms with Crippen LogP contribution in [0.1, 0.15) is 47.1 Å². The molecule has 0 atom stereocenters. The number of anilines is 1. The molecular weight excluding hydrogens is 362 g/mol. The van der Waals surface area contributed by atoms with Gasteiger partial charge in [-0.1, -0.05) is 32.0 Å². The van der Waals surface area contributed by atoms with Gasteiger partial charge in [-0.05, 0) is 24.0 Å². The summed E-state index contributed by atoms with van der Waals surface area (Å²) in [5.41, 5.74) is 2.57. The van der Waals surface area contributed by atoms with E-state index in [0.29, 0.717) is 18.0 Å². The minimum absolute atomic E-state index is 0.122. The van der Waals surface area contributed by atoms with Crippen LogP contribution in [0.5, 0.6) is 0 Å². The van der Waals surface area contributed by atoms with Crippen LogP contribution in [-0.2, 0) is 23.0 Å². The number of para-hydroxylation sites is 1. The molecule has 2 heterocycles. The Morgan fingerprint density at radius 1 is 1.30 bits per heavy atom. The van der Waals surface area contributed by atoms with Crippen LogP contribution in [0.15, 0.2) is 30.5 Å². The summed E-state index contributed by atoms with van der Waals surface area (Å²) in [7, 11) is 3.33. The number of hydrogen-bond donors (Lipinski definition) is 1. The lowest BCUT2D eigenvalue weighted by molar-refractivity contribution is -0.116. The van der Waals surface area contributed by atoms with Gasteiger partial charge in [-0.3, -0.25) is 4.79 Å². The zero-order valence-corrected chi connectivity index (χ0v) is 16.7. The van der Waals surface area contributed by atoms with Crippen LogP contribution >= 0.6 is 11.3 Å². The normalized spacial score (nSPS) is 11.1. The number of rotatable bonds is 6. The van der Waals surface area contributed by atoms with E-state index in [1.54, 1.807) is 0 Å². The van der Waals surface area contributed by atoms with E-state index in [1.165, 1.54) is 18.4 Å². The molecule has 7 heteroatoms. The van der Waals surface area contributed by atoms with Crippen molar-refractivity contribution in [1.29, 1.82) is 0 Å². The third kappa shape index (κ3) is 4.03. The molecule has 6 nitrogen and oxygen atoms in total. The van der Waals surface area contributed by atoms with Crippen molar-refractivity contribution in [3.63, 3.8) is 0 Å². The number of esters is 1. The number of amides is 1.